The summed E-state index contributed by atoms with van der Waals surface area (Å²) in [6.45, 7) is 5.77. The molecule has 1 heterocycles. The molecule has 1 aromatic rings. The molecule has 5 nitrogen and oxygen atoms in total. The number of nitrogens with two attached hydrogens (primary N) is 1. The van der Waals surface area contributed by atoms with E-state index in [1.807, 2.05) is 36.1 Å². The first kappa shape index (κ1) is 15.9. The Hall–Kier alpha value is -1.43. The number of carbonyl (C=O) groups is 1. The Labute approximate surface area is 126 Å². The summed E-state index contributed by atoms with van der Waals surface area (Å²) in [4.78, 5) is 14.2. The number of amides is 1. The fraction of sp³-hybridized carbons (Fsp3) is 0.562. The van der Waals surface area contributed by atoms with Gasteiger partial charge in [-0.15, -0.1) is 0 Å². The molecule has 2 rings (SSSR count). The van der Waals surface area contributed by atoms with Gasteiger partial charge in [0.2, 0.25) is 0 Å². The van der Waals surface area contributed by atoms with Crippen LogP contribution in [0.3, 0.4) is 0 Å². The van der Waals surface area contributed by atoms with Crippen LogP contribution in [0.1, 0.15) is 29.3 Å². The van der Waals surface area contributed by atoms with Gasteiger partial charge in [-0.1, -0.05) is 12.1 Å². The molecule has 0 spiro atoms. The normalized spacial score (nSPS) is 18.2. The highest BCUT2D eigenvalue weighted by molar-refractivity contribution is 5.94. The van der Waals surface area contributed by atoms with Crippen LogP contribution in [0.4, 0.5) is 0 Å². The minimum absolute atomic E-state index is 0.0643. The molecule has 21 heavy (non-hydrogen) atoms. The number of nitrogens with zero attached hydrogens (tertiary/aromatic N) is 1. The molecule has 116 valence electrons. The fourth-order valence-corrected chi connectivity index (χ4v) is 2.43. The molecule has 1 aromatic carbocycles. The lowest BCUT2D eigenvalue weighted by atomic mass is 10.1. The highest BCUT2D eigenvalue weighted by atomic mass is 16.5. The maximum atomic E-state index is 12.4. The number of benzene rings is 1. The molecule has 1 saturated heterocycles. The first-order chi connectivity index (χ1) is 10.2. The maximum absolute atomic E-state index is 12.4. The quantitative estimate of drug-likeness (QED) is 0.772. The van der Waals surface area contributed by atoms with Crippen LogP contribution in [0.5, 0.6) is 0 Å². The Bertz CT molecular complexity index is 447. The van der Waals surface area contributed by atoms with Crippen molar-refractivity contribution in [2.45, 2.75) is 26.0 Å². The van der Waals surface area contributed by atoms with Gasteiger partial charge in [-0.25, -0.2) is 0 Å². The molecule has 2 N–H and O–H groups in total. The molecule has 0 radical (unpaired) electrons. The Morgan fingerprint density at radius 2 is 2.10 bits per heavy atom. The maximum Gasteiger partial charge on any atom is 0.253 e. The second kappa shape index (κ2) is 8.12. The molecule has 0 saturated carbocycles. The zero-order valence-electron chi connectivity index (χ0n) is 12.6. The van der Waals surface area contributed by atoms with Gasteiger partial charge in [0.1, 0.15) is 0 Å². The van der Waals surface area contributed by atoms with Crippen LogP contribution >= 0.6 is 0 Å². The monoisotopic (exact) mass is 292 g/mol. The predicted molar refractivity (Wildman–Crippen MR) is 81.1 cm³/mol. The molecule has 1 aliphatic rings. The van der Waals surface area contributed by atoms with Gasteiger partial charge < -0.3 is 20.1 Å². The summed E-state index contributed by atoms with van der Waals surface area (Å²) in [7, 11) is 0. The van der Waals surface area contributed by atoms with E-state index < -0.39 is 0 Å². The van der Waals surface area contributed by atoms with E-state index in [4.69, 9.17) is 15.2 Å². The number of ether oxygens (including phenoxy) is 2. The van der Waals surface area contributed by atoms with Gasteiger partial charge in [0, 0.05) is 31.8 Å². The summed E-state index contributed by atoms with van der Waals surface area (Å²) in [5.74, 6) is 0.0643. The molecular weight excluding hydrogens is 268 g/mol. The Morgan fingerprint density at radius 1 is 1.33 bits per heavy atom. The number of hydrogen-bond donors (Lipinski definition) is 1. The van der Waals surface area contributed by atoms with E-state index in [1.165, 1.54) is 0 Å². The van der Waals surface area contributed by atoms with Gasteiger partial charge in [0.15, 0.2) is 0 Å². The number of hydrogen-bond acceptors (Lipinski definition) is 4. The minimum atomic E-state index is 0.0643. The lowest BCUT2D eigenvalue weighted by Gasteiger charge is -2.17. The van der Waals surface area contributed by atoms with Gasteiger partial charge in [0.25, 0.3) is 5.91 Å². The minimum Gasteiger partial charge on any atom is -0.379 e. The van der Waals surface area contributed by atoms with Crippen LogP contribution in [0, 0.1) is 0 Å². The average Bonchev–Trinajstić information content (AvgIpc) is 3.00. The molecule has 0 aromatic heterocycles. The summed E-state index contributed by atoms with van der Waals surface area (Å²) in [6, 6.07) is 7.49. The summed E-state index contributed by atoms with van der Waals surface area (Å²) < 4.78 is 11.0. The zero-order valence-corrected chi connectivity index (χ0v) is 12.6. The van der Waals surface area contributed by atoms with Crippen LogP contribution in [-0.4, -0.2) is 49.8 Å². The van der Waals surface area contributed by atoms with Crippen molar-refractivity contribution in [3.63, 3.8) is 0 Å². The molecule has 1 aliphatic heterocycles. The fourth-order valence-electron chi connectivity index (χ4n) is 2.43. The van der Waals surface area contributed by atoms with Crippen LogP contribution in [0.15, 0.2) is 24.3 Å². The molecule has 0 unspecified atom stereocenters. The van der Waals surface area contributed by atoms with E-state index in [-0.39, 0.29) is 12.0 Å². The Kier molecular flexibility index (Phi) is 6.17. The summed E-state index contributed by atoms with van der Waals surface area (Å²) >= 11 is 0. The highest BCUT2D eigenvalue weighted by Crippen LogP contribution is 2.16. The second-order valence-electron chi connectivity index (χ2n) is 5.13. The summed E-state index contributed by atoms with van der Waals surface area (Å²) in [5.41, 5.74) is 7.31. The topological polar surface area (TPSA) is 64.8 Å². The number of carbonyl (C=O) groups excluding carboxylic acids is 1. The first-order valence-corrected chi connectivity index (χ1v) is 7.52. The van der Waals surface area contributed by atoms with Gasteiger partial charge in [-0.3, -0.25) is 4.79 Å². The van der Waals surface area contributed by atoms with Crippen molar-refractivity contribution in [1.82, 2.24) is 4.90 Å². The SMILES string of the molecule is CCOCCO[C@H]1CCN(C(=O)c2ccc(CN)cc2)C1. The van der Waals surface area contributed by atoms with Crippen molar-refractivity contribution in [3.8, 4) is 0 Å². The standard InChI is InChI=1S/C16H24N2O3/c1-2-20-9-10-21-15-7-8-18(12-15)16(19)14-5-3-13(11-17)4-6-14/h3-6,15H,2,7-12,17H2,1H3/t15-/m0/s1. The summed E-state index contributed by atoms with van der Waals surface area (Å²) in [6.07, 6.45) is 1.01. The molecule has 0 aliphatic carbocycles. The van der Waals surface area contributed by atoms with Gasteiger partial charge in [-0.05, 0) is 31.0 Å². The number of rotatable bonds is 7. The van der Waals surface area contributed by atoms with Crippen molar-refractivity contribution in [3.05, 3.63) is 35.4 Å². The predicted octanol–water partition coefficient (Wildman–Crippen LogP) is 1.41. The van der Waals surface area contributed by atoms with Crippen molar-refractivity contribution in [1.29, 1.82) is 0 Å². The van der Waals surface area contributed by atoms with Crippen LogP contribution < -0.4 is 5.73 Å². The molecule has 1 amide bonds. The van der Waals surface area contributed by atoms with E-state index in [0.29, 0.717) is 38.5 Å². The molecular formula is C16H24N2O3. The molecule has 5 heteroatoms. The summed E-state index contributed by atoms with van der Waals surface area (Å²) in [5, 5.41) is 0. The third-order valence-electron chi connectivity index (χ3n) is 3.65. The third kappa shape index (κ3) is 4.52. The molecule has 1 atom stereocenters. The van der Waals surface area contributed by atoms with E-state index in [0.717, 1.165) is 18.5 Å². The smallest absolute Gasteiger partial charge is 0.253 e. The third-order valence-corrected chi connectivity index (χ3v) is 3.65. The van der Waals surface area contributed by atoms with E-state index in [9.17, 15) is 4.79 Å². The van der Waals surface area contributed by atoms with Gasteiger partial charge >= 0.3 is 0 Å². The lowest BCUT2D eigenvalue weighted by molar-refractivity contribution is 0.0120. The first-order valence-electron chi connectivity index (χ1n) is 7.52. The van der Waals surface area contributed by atoms with Crippen molar-refractivity contribution in [2.24, 2.45) is 5.73 Å². The van der Waals surface area contributed by atoms with Crippen molar-refractivity contribution in [2.75, 3.05) is 32.9 Å². The second-order valence-corrected chi connectivity index (χ2v) is 5.13. The number of likely N-dealkylation sites (tertiary alicyclic amines) is 1. The Morgan fingerprint density at radius 3 is 2.76 bits per heavy atom. The molecule has 0 bridgehead atoms. The van der Waals surface area contributed by atoms with Crippen LogP contribution in [0.25, 0.3) is 0 Å². The van der Waals surface area contributed by atoms with E-state index >= 15 is 0 Å². The van der Waals surface area contributed by atoms with Crippen LogP contribution in [-0.2, 0) is 16.0 Å². The van der Waals surface area contributed by atoms with E-state index in [1.54, 1.807) is 0 Å². The zero-order chi connectivity index (χ0) is 15.1. The van der Waals surface area contributed by atoms with Crippen LogP contribution in [0.2, 0.25) is 0 Å². The van der Waals surface area contributed by atoms with E-state index in [2.05, 4.69) is 0 Å². The van der Waals surface area contributed by atoms with Crippen molar-refractivity contribution >= 4 is 5.91 Å². The molecule has 1 fully saturated rings. The van der Waals surface area contributed by atoms with Gasteiger partial charge in [0.05, 0.1) is 19.3 Å². The largest absolute Gasteiger partial charge is 0.379 e. The van der Waals surface area contributed by atoms with Crippen molar-refractivity contribution < 1.29 is 14.3 Å². The lowest BCUT2D eigenvalue weighted by Crippen LogP contribution is -2.30. The average molecular weight is 292 g/mol. The highest BCUT2D eigenvalue weighted by Gasteiger charge is 2.27. The van der Waals surface area contributed by atoms with Gasteiger partial charge in [-0.2, -0.15) is 0 Å². The Balaban J connectivity index is 1.81.